The Bertz CT molecular complexity index is 586. The molecule has 2 N–H and O–H groups in total. The summed E-state index contributed by atoms with van der Waals surface area (Å²) in [5, 5.41) is 0. The number of piperidine rings is 1. The maximum atomic E-state index is 4.61. The lowest BCUT2D eigenvalue weighted by molar-refractivity contribution is 0.164. The number of hydrogen-bond acceptors (Lipinski definition) is 2. The topological polar surface area (TPSA) is 29.3 Å². The number of fused-ring (bicyclic) bond motifs is 2. The van der Waals surface area contributed by atoms with Gasteiger partial charge in [-0.1, -0.05) is 58.2 Å². The van der Waals surface area contributed by atoms with E-state index >= 15 is 0 Å². The SMILES string of the molecule is C=C(CC(C)(C)C)N1CCC2(CCCc3ccccc32)CC1.C=CN. The van der Waals surface area contributed by atoms with Gasteiger partial charge in [0.2, 0.25) is 0 Å². The third kappa shape index (κ3) is 4.90. The predicted molar refractivity (Wildman–Crippen MR) is 109 cm³/mol. The molecule has 2 heteroatoms. The van der Waals surface area contributed by atoms with Crippen LogP contribution in [0.2, 0.25) is 0 Å². The molecule has 0 saturated carbocycles. The van der Waals surface area contributed by atoms with E-state index in [0.29, 0.717) is 10.8 Å². The molecule has 138 valence electrons. The first-order valence-electron chi connectivity index (χ1n) is 9.65. The van der Waals surface area contributed by atoms with Gasteiger partial charge in [0.05, 0.1) is 0 Å². The van der Waals surface area contributed by atoms with Crippen LogP contribution in [0.4, 0.5) is 0 Å². The molecule has 0 atom stereocenters. The van der Waals surface area contributed by atoms with E-state index in [9.17, 15) is 0 Å². The molecule has 0 amide bonds. The second-order valence-corrected chi connectivity index (χ2v) is 8.82. The van der Waals surface area contributed by atoms with Gasteiger partial charge in [0.25, 0.3) is 0 Å². The maximum absolute atomic E-state index is 4.61. The molecule has 1 saturated heterocycles. The number of rotatable bonds is 2. The van der Waals surface area contributed by atoms with E-state index < -0.39 is 0 Å². The molecule has 1 aromatic rings. The fraction of sp³-hybridized carbons (Fsp3) is 0.565. The second-order valence-electron chi connectivity index (χ2n) is 8.82. The molecule has 1 heterocycles. The van der Waals surface area contributed by atoms with E-state index in [1.807, 2.05) is 0 Å². The summed E-state index contributed by atoms with van der Waals surface area (Å²) < 4.78 is 0. The Hall–Kier alpha value is -1.70. The van der Waals surface area contributed by atoms with Crippen LogP contribution in [0.15, 0.2) is 49.3 Å². The van der Waals surface area contributed by atoms with Gasteiger partial charge in [0.15, 0.2) is 0 Å². The van der Waals surface area contributed by atoms with Crippen molar-refractivity contribution in [3.05, 3.63) is 60.4 Å². The Labute approximate surface area is 154 Å². The number of aryl methyl sites for hydroxylation is 1. The molecule has 2 aliphatic rings. The fourth-order valence-corrected chi connectivity index (χ4v) is 4.50. The Balaban J connectivity index is 0.000000701. The number of nitrogens with two attached hydrogens (primary N) is 1. The van der Waals surface area contributed by atoms with Crippen molar-refractivity contribution in [1.29, 1.82) is 0 Å². The van der Waals surface area contributed by atoms with Crippen LogP contribution in [0, 0.1) is 5.41 Å². The quantitative estimate of drug-likeness (QED) is 0.781. The highest BCUT2D eigenvalue weighted by Crippen LogP contribution is 2.45. The van der Waals surface area contributed by atoms with Gasteiger partial charge in [-0.15, -0.1) is 0 Å². The van der Waals surface area contributed by atoms with Crippen LogP contribution in [0.25, 0.3) is 0 Å². The highest BCUT2D eigenvalue weighted by Gasteiger charge is 2.39. The van der Waals surface area contributed by atoms with E-state index in [1.54, 1.807) is 11.1 Å². The van der Waals surface area contributed by atoms with E-state index in [0.717, 1.165) is 6.42 Å². The summed E-state index contributed by atoms with van der Waals surface area (Å²) in [6.45, 7) is 16.8. The van der Waals surface area contributed by atoms with E-state index in [1.165, 1.54) is 57.1 Å². The van der Waals surface area contributed by atoms with Crippen molar-refractivity contribution in [3.63, 3.8) is 0 Å². The van der Waals surface area contributed by atoms with Crippen LogP contribution in [0.5, 0.6) is 0 Å². The van der Waals surface area contributed by atoms with Gasteiger partial charge in [0.1, 0.15) is 0 Å². The van der Waals surface area contributed by atoms with Crippen LogP contribution < -0.4 is 5.73 Å². The summed E-state index contributed by atoms with van der Waals surface area (Å²) in [5.74, 6) is 0. The molecule has 3 rings (SSSR count). The molecule has 1 fully saturated rings. The minimum atomic E-state index is 0.337. The van der Waals surface area contributed by atoms with E-state index in [4.69, 9.17) is 0 Å². The van der Waals surface area contributed by atoms with Gasteiger partial charge >= 0.3 is 0 Å². The number of likely N-dealkylation sites (tertiary alicyclic amines) is 1. The lowest BCUT2D eigenvalue weighted by Crippen LogP contribution is -2.44. The smallest absolute Gasteiger partial charge is 0.0183 e. The molecule has 0 radical (unpaired) electrons. The summed E-state index contributed by atoms with van der Waals surface area (Å²) in [7, 11) is 0. The standard InChI is InChI=1S/C21H31N.C2H5N/c1-17(16-20(2,3)4)22-14-12-21(13-15-22)11-7-9-18-8-5-6-10-19(18)21;1-2-3/h5-6,8,10H,1,7,9,11-16H2,2-4H3;2H,1,3H2. The highest BCUT2D eigenvalue weighted by molar-refractivity contribution is 5.37. The minimum absolute atomic E-state index is 0.337. The summed E-state index contributed by atoms with van der Waals surface area (Å²) in [5.41, 5.74) is 10.0. The maximum Gasteiger partial charge on any atom is 0.0183 e. The highest BCUT2D eigenvalue weighted by atomic mass is 15.1. The van der Waals surface area contributed by atoms with Crippen molar-refractivity contribution in [1.82, 2.24) is 4.90 Å². The van der Waals surface area contributed by atoms with Crippen molar-refractivity contribution in [2.45, 2.75) is 64.7 Å². The lowest BCUT2D eigenvalue weighted by Gasteiger charge is -2.47. The molecule has 0 unspecified atom stereocenters. The number of allylic oxidation sites excluding steroid dienone is 1. The molecule has 1 aromatic carbocycles. The monoisotopic (exact) mass is 340 g/mol. The largest absolute Gasteiger partial charge is 0.405 e. The molecule has 25 heavy (non-hydrogen) atoms. The Kier molecular flexibility index (Phi) is 6.37. The first-order chi connectivity index (χ1) is 11.8. The van der Waals surface area contributed by atoms with Gasteiger partial charge in [-0.05, 0) is 66.7 Å². The molecular formula is C23H36N2. The molecule has 1 aliphatic heterocycles. The minimum Gasteiger partial charge on any atom is -0.405 e. The molecule has 1 spiro atoms. The van der Waals surface area contributed by atoms with Crippen LogP contribution >= 0.6 is 0 Å². The van der Waals surface area contributed by atoms with Gasteiger partial charge in [-0.3, -0.25) is 0 Å². The zero-order valence-corrected chi connectivity index (χ0v) is 16.5. The summed E-state index contributed by atoms with van der Waals surface area (Å²) in [4.78, 5) is 2.55. The fourth-order valence-electron chi connectivity index (χ4n) is 4.50. The second kappa shape index (κ2) is 8.12. The average Bonchev–Trinajstić information content (AvgIpc) is 2.55. The van der Waals surface area contributed by atoms with Crippen LogP contribution in [-0.4, -0.2) is 18.0 Å². The van der Waals surface area contributed by atoms with Crippen molar-refractivity contribution in [2.75, 3.05) is 13.1 Å². The number of nitrogens with zero attached hydrogens (tertiary/aromatic N) is 1. The van der Waals surface area contributed by atoms with Gasteiger partial charge in [-0.2, -0.15) is 0 Å². The van der Waals surface area contributed by atoms with Crippen LogP contribution in [0.1, 0.15) is 64.0 Å². The van der Waals surface area contributed by atoms with Gasteiger partial charge in [0, 0.05) is 18.8 Å². The predicted octanol–water partition coefficient (Wildman–Crippen LogP) is 5.40. The van der Waals surface area contributed by atoms with Crippen molar-refractivity contribution in [2.24, 2.45) is 11.1 Å². The molecule has 0 bridgehead atoms. The first-order valence-corrected chi connectivity index (χ1v) is 9.65. The molecule has 1 aliphatic carbocycles. The zero-order valence-electron chi connectivity index (χ0n) is 16.5. The Morgan fingerprint density at radius 3 is 2.40 bits per heavy atom. The molecule has 2 nitrogen and oxygen atoms in total. The third-order valence-electron chi connectivity index (χ3n) is 5.59. The van der Waals surface area contributed by atoms with E-state index in [2.05, 4.69) is 68.8 Å². The third-order valence-corrected chi connectivity index (χ3v) is 5.59. The summed E-state index contributed by atoms with van der Waals surface area (Å²) >= 11 is 0. The van der Waals surface area contributed by atoms with Gasteiger partial charge in [-0.25, -0.2) is 0 Å². The Morgan fingerprint density at radius 2 is 1.80 bits per heavy atom. The summed E-state index contributed by atoms with van der Waals surface area (Å²) in [6.07, 6.45) is 8.97. The average molecular weight is 341 g/mol. The summed E-state index contributed by atoms with van der Waals surface area (Å²) in [6, 6.07) is 9.18. The number of benzene rings is 1. The van der Waals surface area contributed by atoms with Crippen molar-refractivity contribution in [3.8, 4) is 0 Å². The lowest BCUT2D eigenvalue weighted by atomic mass is 9.65. The van der Waals surface area contributed by atoms with Crippen LogP contribution in [-0.2, 0) is 11.8 Å². The van der Waals surface area contributed by atoms with Crippen molar-refractivity contribution >= 4 is 0 Å². The Morgan fingerprint density at radius 1 is 1.20 bits per heavy atom. The number of hydrogen-bond donors (Lipinski definition) is 1. The molecule has 0 aromatic heterocycles. The normalized spacial score (nSPS) is 18.8. The van der Waals surface area contributed by atoms with E-state index in [-0.39, 0.29) is 0 Å². The van der Waals surface area contributed by atoms with Gasteiger partial charge < -0.3 is 10.6 Å². The first kappa shape index (κ1) is 19.6. The molecular weight excluding hydrogens is 304 g/mol. The zero-order chi connectivity index (χ0) is 18.5. The van der Waals surface area contributed by atoms with Crippen molar-refractivity contribution < 1.29 is 0 Å². The van der Waals surface area contributed by atoms with Crippen LogP contribution in [0.3, 0.4) is 0 Å².